The van der Waals surface area contributed by atoms with E-state index in [1.807, 2.05) is 6.07 Å². The largest absolute Gasteiger partial charge is 0.370 e. The van der Waals surface area contributed by atoms with Crippen LogP contribution in [-0.4, -0.2) is 22.3 Å². The summed E-state index contributed by atoms with van der Waals surface area (Å²) in [4.78, 5) is 9.06. The summed E-state index contributed by atoms with van der Waals surface area (Å²) in [6.07, 6.45) is 1.11. The molecule has 0 atom stereocenters. The Bertz CT molecular complexity index is 326. The van der Waals surface area contributed by atoms with Gasteiger partial charge in [0.2, 0.25) is 0 Å². The third kappa shape index (κ3) is 4.00. The van der Waals surface area contributed by atoms with E-state index in [1.165, 1.54) is 0 Å². The van der Waals surface area contributed by atoms with Gasteiger partial charge in [-0.25, -0.2) is 9.97 Å². The molecule has 0 bridgehead atoms. The van der Waals surface area contributed by atoms with Crippen LogP contribution in [0.3, 0.4) is 0 Å². The predicted octanol–water partition coefficient (Wildman–Crippen LogP) is 3.53. The van der Waals surface area contributed by atoms with Crippen LogP contribution in [0.4, 0.5) is 5.82 Å². The molecule has 0 saturated heterocycles. The van der Waals surface area contributed by atoms with Gasteiger partial charge in [-0.3, -0.25) is 0 Å². The van der Waals surface area contributed by atoms with E-state index < -0.39 is 0 Å². The Morgan fingerprint density at radius 1 is 1.31 bits per heavy atom. The molecular formula is C12H21N3S. The summed E-state index contributed by atoms with van der Waals surface area (Å²) in [6, 6.07) is 2.04. The zero-order valence-corrected chi connectivity index (χ0v) is 11.4. The molecular weight excluding hydrogens is 218 g/mol. The lowest BCUT2D eigenvalue weighted by Gasteiger charge is -2.10. The first-order chi connectivity index (χ1) is 7.67. The average molecular weight is 239 g/mol. The Morgan fingerprint density at radius 2 is 2.06 bits per heavy atom. The van der Waals surface area contributed by atoms with E-state index in [9.17, 15) is 0 Å². The number of nitrogens with one attached hydrogen (secondary N) is 1. The third-order valence-corrected chi connectivity index (χ3v) is 2.88. The van der Waals surface area contributed by atoms with Gasteiger partial charge in [0.05, 0.1) is 0 Å². The van der Waals surface area contributed by atoms with E-state index in [4.69, 9.17) is 0 Å². The Labute approximate surface area is 102 Å². The van der Waals surface area contributed by atoms with Crippen LogP contribution >= 0.6 is 11.8 Å². The summed E-state index contributed by atoms with van der Waals surface area (Å²) in [5.41, 5.74) is 0. The monoisotopic (exact) mass is 239 g/mol. The minimum Gasteiger partial charge on any atom is -0.370 e. The highest BCUT2D eigenvalue weighted by molar-refractivity contribution is 7.99. The summed E-state index contributed by atoms with van der Waals surface area (Å²) < 4.78 is 0. The SMILES string of the molecule is CCCNc1cc(SCC)nc(C(C)C)n1. The second-order valence-electron chi connectivity index (χ2n) is 3.96. The Hall–Kier alpha value is -0.770. The van der Waals surface area contributed by atoms with Gasteiger partial charge in [-0.2, -0.15) is 0 Å². The van der Waals surface area contributed by atoms with E-state index in [0.29, 0.717) is 5.92 Å². The van der Waals surface area contributed by atoms with E-state index in [1.54, 1.807) is 11.8 Å². The lowest BCUT2D eigenvalue weighted by molar-refractivity contribution is 0.753. The maximum Gasteiger partial charge on any atom is 0.134 e. The highest BCUT2D eigenvalue weighted by Crippen LogP contribution is 2.21. The van der Waals surface area contributed by atoms with Gasteiger partial charge in [0, 0.05) is 18.5 Å². The van der Waals surface area contributed by atoms with Crippen LogP contribution in [0.15, 0.2) is 11.1 Å². The standard InChI is InChI=1S/C12H21N3S/c1-5-7-13-10-8-11(16-6-2)15-12(14-10)9(3)4/h8-9H,5-7H2,1-4H3,(H,13,14,15). The van der Waals surface area contributed by atoms with Crippen molar-refractivity contribution in [2.24, 2.45) is 0 Å². The molecule has 0 amide bonds. The van der Waals surface area contributed by atoms with Crippen LogP contribution in [-0.2, 0) is 0 Å². The predicted molar refractivity (Wildman–Crippen MR) is 71.3 cm³/mol. The van der Waals surface area contributed by atoms with Gasteiger partial charge in [0.1, 0.15) is 16.7 Å². The Kier molecular flexibility index (Phi) is 5.60. The number of hydrogen-bond acceptors (Lipinski definition) is 4. The smallest absolute Gasteiger partial charge is 0.134 e. The molecule has 0 spiro atoms. The maximum atomic E-state index is 4.54. The lowest BCUT2D eigenvalue weighted by Crippen LogP contribution is -2.06. The van der Waals surface area contributed by atoms with Crippen molar-refractivity contribution < 1.29 is 0 Å². The van der Waals surface area contributed by atoms with E-state index >= 15 is 0 Å². The zero-order valence-electron chi connectivity index (χ0n) is 10.6. The lowest BCUT2D eigenvalue weighted by atomic mass is 10.2. The van der Waals surface area contributed by atoms with Crippen molar-refractivity contribution in [2.75, 3.05) is 17.6 Å². The van der Waals surface area contributed by atoms with Gasteiger partial charge >= 0.3 is 0 Å². The van der Waals surface area contributed by atoms with Crippen LogP contribution < -0.4 is 5.32 Å². The first-order valence-electron chi connectivity index (χ1n) is 5.93. The molecule has 1 aromatic rings. The molecule has 16 heavy (non-hydrogen) atoms. The zero-order chi connectivity index (χ0) is 12.0. The number of anilines is 1. The molecule has 1 heterocycles. The minimum atomic E-state index is 0.375. The van der Waals surface area contributed by atoms with E-state index in [-0.39, 0.29) is 0 Å². The number of aromatic nitrogens is 2. The van der Waals surface area contributed by atoms with Crippen LogP contribution in [0.1, 0.15) is 45.9 Å². The molecule has 1 rings (SSSR count). The van der Waals surface area contributed by atoms with Crippen molar-refractivity contribution in [3.8, 4) is 0 Å². The highest BCUT2D eigenvalue weighted by Gasteiger charge is 2.07. The second kappa shape index (κ2) is 6.74. The van der Waals surface area contributed by atoms with Crippen molar-refractivity contribution in [1.82, 2.24) is 9.97 Å². The summed E-state index contributed by atoms with van der Waals surface area (Å²) >= 11 is 1.76. The molecule has 0 aliphatic heterocycles. The number of thioether (sulfide) groups is 1. The van der Waals surface area contributed by atoms with Gasteiger partial charge in [0.25, 0.3) is 0 Å². The van der Waals surface area contributed by atoms with Gasteiger partial charge in [-0.1, -0.05) is 27.7 Å². The first kappa shape index (κ1) is 13.3. The summed E-state index contributed by atoms with van der Waals surface area (Å²) in [7, 11) is 0. The van der Waals surface area contributed by atoms with E-state index in [2.05, 4.69) is 43.0 Å². The molecule has 0 saturated carbocycles. The minimum absolute atomic E-state index is 0.375. The van der Waals surface area contributed by atoms with Crippen LogP contribution in [0.25, 0.3) is 0 Å². The molecule has 0 fully saturated rings. The normalized spacial score (nSPS) is 10.8. The summed E-state index contributed by atoms with van der Waals surface area (Å²) in [5.74, 6) is 3.30. The topological polar surface area (TPSA) is 37.8 Å². The molecule has 0 radical (unpaired) electrons. The maximum absolute atomic E-state index is 4.54. The number of rotatable bonds is 6. The fourth-order valence-corrected chi connectivity index (χ4v) is 1.92. The van der Waals surface area contributed by atoms with Crippen molar-refractivity contribution in [1.29, 1.82) is 0 Å². The summed E-state index contributed by atoms with van der Waals surface area (Å²) in [6.45, 7) is 9.50. The second-order valence-corrected chi connectivity index (χ2v) is 5.25. The van der Waals surface area contributed by atoms with E-state index in [0.717, 1.165) is 35.4 Å². The van der Waals surface area contributed by atoms with Crippen molar-refractivity contribution in [2.45, 2.75) is 45.1 Å². The molecule has 0 aliphatic carbocycles. The Balaban J connectivity index is 2.89. The van der Waals surface area contributed by atoms with Crippen LogP contribution in [0.5, 0.6) is 0 Å². The first-order valence-corrected chi connectivity index (χ1v) is 6.91. The highest BCUT2D eigenvalue weighted by atomic mass is 32.2. The Morgan fingerprint density at radius 3 is 2.62 bits per heavy atom. The van der Waals surface area contributed by atoms with Gasteiger partial charge in [0.15, 0.2) is 0 Å². The fraction of sp³-hybridized carbons (Fsp3) is 0.667. The third-order valence-electron chi connectivity index (χ3n) is 2.08. The van der Waals surface area contributed by atoms with Crippen molar-refractivity contribution in [3.05, 3.63) is 11.9 Å². The number of nitrogens with zero attached hydrogens (tertiary/aromatic N) is 2. The van der Waals surface area contributed by atoms with Gasteiger partial charge < -0.3 is 5.32 Å². The van der Waals surface area contributed by atoms with Crippen LogP contribution in [0, 0.1) is 0 Å². The molecule has 1 aromatic heterocycles. The summed E-state index contributed by atoms with van der Waals surface area (Å²) in [5, 5.41) is 4.39. The quantitative estimate of drug-likeness (QED) is 0.608. The van der Waals surface area contributed by atoms with Gasteiger partial charge in [-0.05, 0) is 12.2 Å². The molecule has 0 aromatic carbocycles. The molecule has 90 valence electrons. The fourth-order valence-electron chi connectivity index (χ4n) is 1.27. The van der Waals surface area contributed by atoms with Gasteiger partial charge in [-0.15, -0.1) is 11.8 Å². The molecule has 0 aliphatic rings. The molecule has 0 unspecified atom stereocenters. The van der Waals surface area contributed by atoms with Crippen molar-refractivity contribution >= 4 is 17.6 Å². The van der Waals surface area contributed by atoms with Crippen molar-refractivity contribution in [3.63, 3.8) is 0 Å². The average Bonchev–Trinajstić information content (AvgIpc) is 2.26. The molecule has 1 N–H and O–H groups in total. The number of hydrogen-bond donors (Lipinski definition) is 1. The molecule has 3 nitrogen and oxygen atoms in total. The molecule has 4 heteroatoms. The van der Waals surface area contributed by atoms with Crippen LogP contribution in [0.2, 0.25) is 0 Å².